The van der Waals surface area contributed by atoms with Crippen molar-refractivity contribution in [3.05, 3.63) is 28.8 Å². The fraction of sp³-hybridized carbons (Fsp3) is 0.538. The first-order valence-corrected chi connectivity index (χ1v) is 6.48. The van der Waals surface area contributed by atoms with Crippen molar-refractivity contribution in [2.45, 2.75) is 44.3 Å². The molecule has 1 aliphatic carbocycles. The second-order valence-corrected chi connectivity index (χ2v) is 5.08. The maximum Gasteiger partial charge on any atom is 0.416 e. The number of hydrogen-bond acceptors (Lipinski definition) is 1. The smallest absolute Gasteiger partial charge is 0.381 e. The molecule has 1 fully saturated rings. The van der Waals surface area contributed by atoms with Crippen LogP contribution in [0, 0.1) is 0 Å². The van der Waals surface area contributed by atoms with Gasteiger partial charge >= 0.3 is 6.18 Å². The van der Waals surface area contributed by atoms with Crippen molar-refractivity contribution < 1.29 is 13.2 Å². The van der Waals surface area contributed by atoms with Gasteiger partial charge in [0, 0.05) is 6.04 Å². The number of nitrogens with one attached hydrogen (secondary N) is 1. The Kier molecular flexibility index (Phi) is 4.05. The third kappa shape index (κ3) is 3.31. The fourth-order valence-electron chi connectivity index (χ4n) is 2.28. The summed E-state index contributed by atoms with van der Waals surface area (Å²) in [5, 5.41) is 3.36. The van der Waals surface area contributed by atoms with Gasteiger partial charge in [0.25, 0.3) is 0 Å². The molecule has 0 radical (unpaired) electrons. The van der Waals surface area contributed by atoms with E-state index in [9.17, 15) is 13.2 Å². The average molecular weight is 278 g/mol. The molecular weight excluding hydrogens is 263 g/mol. The van der Waals surface area contributed by atoms with Gasteiger partial charge in [-0.05, 0) is 31.0 Å². The Bertz CT molecular complexity index is 411. The van der Waals surface area contributed by atoms with Crippen LogP contribution in [-0.2, 0) is 6.18 Å². The van der Waals surface area contributed by atoms with Crippen LogP contribution in [0.1, 0.15) is 37.7 Å². The number of alkyl halides is 3. The van der Waals surface area contributed by atoms with Crippen LogP contribution < -0.4 is 5.32 Å². The first-order chi connectivity index (χ1) is 8.47. The Hall–Kier alpha value is -0.900. The van der Waals surface area contributed by atoms with Gasteiger partial charge in [-0.1, -0.05) is 30.9 Å². The number of hydrogen-bond donors (Lipinski definition) is 1. The Morgan fingerprint density at radius 2 is 1.78 bits per heavy atom. The van der Waals surface area contributed by atoms with Crippen LogP contribution in [-0.4, -0.2) is 6.04 Å². The molecule has 0 unspecified atom stereocenters. The molecule has 5 heteroatoms. The molecule has 1 aromatic carbocycles. The van der Waals surface area contributed by atoms with E-state index in [4.69, 9.17) is 11.6 Å². The summed E-state index contributed by atoms with van der Waals surface area (Å²) in [5.74, 6) is 0. The Balaban J connectivity index is 2.09. The van der Waals surface area contributed by atoms with Crippen LogP contribution in [0.15, 0.2) is 18.2 Å². The number of halogens is 4. The number of rotatable bonds is 2. The van der Waals surface area contributed by atoms with Crippen molar-refractivity contribution in [1.82, 2.24) is 0 Å². The molecule has 1 N–H and O–H groups in total. The molecule has 0 aliphatic heterocycles. The molecule has 18 heavy (non-hydrogen) atoms. The van der Waals surface area contributed by atoms with Gasteiger partial charge in [0.1, 0.15) is 0 Å². The van der Waals surface area contributed by atoms with Crippen LogP contribution in [0.4, 0.5) is 18.9 Å². The van der Waals surface area contributed by atoms with E-state index in [1.807, 2.05) is 0 Å². The molecule has 0 amide bonds. The Labute approximate surface area is 109 Å². The standard InChI is InChI=1S/C13H15ClF3N/c14-11-8-9(13(15,16)17)6-7-12(11)18-10-4-2-1-3-5-10/h6-8,10,18H,1-5H2. The van der Waals surface area contributed by atoms with Crippen LogP contribution in [0.25, 0.3) is 0 Å². The van der Waals surface area contributed by atoms with E-state index in [-0.39, 0.29) is 5.02 Å². The summed E-state index contributed by atoms with van der Waals surface area (Å²) in [4.78, 5) is 0. The molecule has 1 aliphatic rings. The molecule has 0 aromatic heterocycles. The SMILES string of the molecule is FC(F)(F)c1ccc(NC2CCCCC2)c(Cl)c1. The molecule has 0 spiro atoms. The predicted molar refractivity (Wildman–Crippen MR) is 66.9 cm³/mol. The zero-order chi connectivity index (χ0) is 13.2. The highest BCUT2D eigenvalue weighted by Crippen LogP contribution is 2.34. The van der Waals surface area contributed by atoms with Crippen molar-refractivity contribution in [2.75, 3.05) is 5.32 Å². The predicted octanol–water partition coefficient (Wildman–Crippen LogP) is 5.10. The first-order valence-electron chi connectivity index (χ1n) is 6.10. The lowest BCUT2D eigenvalue weighted by Gasteiger charge is -2.24. The minimum atomic E-state index is -4.34. The van der Waals surface area contributed by atoms with Gasteiger partial charge in [-0.2, -0.15) is 13.2 Å². The van der Waals surface area contributed by atoms with Crippen LogP contribution in [0.2, 0.25) is 5.02 Å². The maximum absolute atomic E-state index is 12.5. The lowest BCUT2D eigenvalue weighted by Crippen LogP contribution is -2.22. The van der Waals surface area contributed by atoms with E-state index in [0.717, 1.165) is 37.8 Å². The molecule has 0 heterocycles. The van der Waals surface area contributed by atoms with Crippen LogP contribution >= 0.6 is 11.6 Å². The molecule has 2 rings (SSSR count). The average Bonchev–Trinajstić information content (AvgIpc) is 2.32. The normalized spacial score (nSPS) is 17.8. The van der Waals surface area contributed by atoms with Crippen molar-refractivity contribution in [2.24, 2.45) is 0 Å². The summed E-state index contributed by atoms with van der Waals surface area (Å²) in [5.41, 5.74) is -0.113. The highest BCUT2D eigenvalue weighted by Gasteiger charge is 2.31. The molecule has 1 aromatic rings. The summed E-state index contributed by atoms with van der Waals surface area (Å²) < 4.78 is 37.4. The Morgan fingerprint density at radius 3 is 2.33 bits per heavy atom. The summed E-state index contributed by atoms with van der Waals surface area (Å²) >= 11 is 5.89. The third-order valence-corrected chi connectivity index (χ3v) is 3.57. The number of benzene rings is 1. The lowest BCUT2D eigenvalue weighted by atomic mass is 9.95. The van der Waals surface area contributed by atoms with Crippen molar-refractivity contribution in [1.29, 1.82) is 0 Å². The first kappa shape index (κ1) is 13.5. The second kappa shape index (κ2) is 5.39. The molecular formula is C13H15ClF3N. The quantitative estimate of drug-likeness (QED) is 0.793. The summed E-state index contributed by atoms with van der Waals surface area (Å²) in [6.45, 7) is 0. The van der Waals surface area contributed by atoms with E-state index >= 15 is 0 Å². The fourth-order valence-corrected chi connectivity index (χ4v) is 2.51. The molecule has 0 atom stereocenters. The zero-order valence-corrected chi connectivity index (χ0v) is 10.6. The Morgan fingerprint density at radius 1 is 1.11 bits per heavy atom. The largest absolute Gasteiger partial charge is 0.416 e. The molecule has 1 nitrogen and oxygen atoms in total. The summed E-state index contributed by atoms with van der Waals surface area (Å²) in [6.07, 6.45) is 1.33. The van der Waals surface area contributed by atoms with Crippen molar-refractivity contribution in [3.63, 3.8) is 0 Å². The van der Waals surface area contributed by atoms with Crippen LogP contribution in [0.5, 0.6) is 0 Å². The minimum Gasteiger partial charge on any atom is -0.381 e. The lowest BCUT2D eigenvalue weighted by molar-refractivity contribution is -0.137. The summed E-state index contributed by atoms with van der Waals surface area (Å²) in [6, 6.07) is 3.79. The van der Waals surface area contributed by atoms with Crippen molar-refractivity contribution in [3.8, 4) is 0 Å². The highest BCUT2D eigenvalue weighted by molar-refractivity contribution is 6.33. The van der Waals surface area contributed by atoms with E-state index in [1.165, 1.54) is 12.5 Å². The highest BCUT2D eigenvalue weighted by atomic mass is 35.5. The van der Waals surface area contributed by atoms with E-state index in [0.29, 0.717) is 11.7 Å². The molecule has 0 saturated heterocycles. The van der Waals surface area contributed by atoms with Gasteiger partial charge in [0.15, 0.2) is 0 Å². The molecule has 0 bridgehead atoms. The number of anilines is 1. The van der Waals surface area contributed by atoms with Gasteiger partial charge in [0.2, 0.25) is 0 Å². The van der Waals surface area contributed by atoms with Gasteiger partial charge in [-0.15, -0.1) is 0 Å². The third-order valence-electron chi connectivity index (χ3n) is 3.26. The molecule has 1 saturated carbocycles. The van der Waals surface area contributed by atoms with Gasteiger partial charge < -0.3 is 5.32 Å². The van der Waals surface area contributed by atoms with E-state index in [1.54, 1.807) is 0 Å². The zero-order valence-electron chi connectivity index (χ0n) is 9.86. The second-order valence-electron chi connectivity index (χ2n) is 4.67. The van der Waals surface area contributed by atoms with Gasteiger partial charge in [0.05, 0.1) is 16.3 Å². The van der Waals surface area contributed by atoms with Gasteiger partial charge in [-0.25, -0.2) is 0 Å². The maximum atomic E-state index is 12.5. The van der Waals surface area contributed by atoms with Crippen LogP contribution in [0.3, 0.4) is 0 Å². The monoisotopic (exact) mass is 277 g/mol. The molecule has 100 valence electrons. The van der Waals surface area contributed by atoms with Gasteiger partial charge in [-0.3, -0.25) is 0 Å². The minimum absolute atomic E-state index is 0.135. The van der Waals surface area contributed by atoms with E-state index in [2.05, 4.69) is 5.32 Å². The summed E-state index contributed by atoms with van der Waals surface area (Å²) in [7, 11) is 0. The van der Waals surface area contributed by atoms with E-state index < -0.39 is 11.7 Å². The topological polar surface area (TPSA) is 12.0 Å². The van der Waals surface area contributed by atoms with Crippen molar-refractivity contribution >= 4 is 17.3 Å².